The molecule has 5 rings (SSSR count). The molecule has 4 aromatic rings. The van der Waals surface area contributed by atoms with Crippen LogP contribution in [0.5, 0.6) is 0 Å². The van der Waals surface area contributed by atoms with Crippen LogP contribution in [0.3, 0.4) is 0 Å². The van der Waals surface area contributed by atoms with Crippen LogP contribution >= 0.6 is 0 Å². The number of hydrogen-bond donors (Lipinski definition) is 3. The first-order valence-corrected chi connectivity index (χ1v) is 12.9. The fraction of sp³-hybridized carbons (Fsp3) is 0.219. The zero-order chi connectivity index (χ0) is 28.2. The van der Waals surface area contributed by atoms with Gasteiger partial charge >= 0.3 is 6.18 Å². The maximum atomic E-state index is 13.6. The van der Waals surface area contributed by atoms with Crippen LogP contribution in [0, 0.1) is 0 Å². The second-order valence-corrected chi connectivity index (χ2v) is 9.58. The Morgan fingerprint density at radius 1 is 0.805 bits per heavy atom. The van der Waals surface area contributed by atoms with Crippen molar-refractivity contribution < 1.29 is 22.8 Å². The topological polar surface area (TPSA) is 83.1 Å². The van der Waals surface area contributed by atoms with Gasteiger partial charge in [-0.15, -0.1) is 0 Å². The third-order valence-corrected chi connectivity index (χ3v) is 7.00. The molecule has 1 aliphatic carbocycles. The molecule has 0 fully saturated rings. The van der Waals surface area contributed by atoms with E-state index in [1.54, 1.807) is 54.7 Å². The van der Waals surface area contributed by atoms with Crippen molar-refractivity contribution in [2.75, 3.05) is 23.7 Å². The van der Waals surface area contributed by atoms with Gasteiger partial charge in [0.25, 0.3) is 5.91 Å². The van der Waals surface area contributed by atoms with Crippen LogP contribution in [-0.4, -0.2) is 36.1 Å². The molecule has 9 heteroatoms. The van der Waals surface area contributed by atoms with E-state index in [4.69, 9.17) is 0 Å². The summed E-state index contributed by atoms with van der Waals surface area (Å²) in [6.07, 6.45) is -2.13. The molecule has 1 aliphatic rings. The molecule has 0 spiro atoms. The van der Waals surface area contributed by atoms with Gasteiger partial charge in [0.15, 0.2) is 0 Å². The highest BCUT2D eigenvalue weighted by molar-refractivity contribution is 6.03. The fourth-order valence-corrected chi connectivity index (χ4v) is 5.22. The average Bonchev–Trinajstić information content (AvgIpc) is 3.26. The monoisotopic (exact) mass is 560 g/mol. The summed E-state index contributed by atoms with van der Waals surface area (Å²) in [5, 5.41) is 8.15. The molecule has 0 aliphatic heterocycles. The molecule has 0 bridgehead atoms. The number of nitrogens with zero attached hydrogens (tertiary/aromatic N) is 1. The molecular formula is C32H31F3N4O2. The van der Waals surface area contributed by atoms with Crippen LogP contribution in [0.15, 0.2) is 97.2 Å². The number of fused-ring (bicyclic) bond motifs is 3. The quantitative estimate of drug-likeness (QED) is 0.197. The summed E-state index contributed by atoms with van der Waals surface area (Å²) >= 11 is 0. The molecule has 0 saturated heterocycles. The van der Waals surface area contributed by atoms with Crippen LogP contribution in [0.25, 0.3) is 11.1 Å². The van der Waals surface area contributed by atoms with Crippen molar-refractivity contribution in [1.82, 2.24) is 10.3 Å². The minimum absolute atomic E-state index is 0. The van der Waals surface area contributed by atoms with Gasteiger partial charge in [-0.05, 0) is 59.4 Å². The number of hydrogen-bond acceptors (Lipinski definition) is 4. The zero-order valence-corrected chi connectivity index (χ0v) is 21.5. The molecule has 0 atom stereocenters. The Bertz CT molecular complexity index is 1460. The van der Waals surface area contributed by atoms with Crippen molar-refractivity contribution in [2.45, 2.75) is 31.9 Å². The number of halogens is 3. The summed E-state index contributed by atoms with van der Waals surface area (Å²) in [6, 6.07) is 27.0. The molecule has 212 valence electrons. The minimum Gasteiger partial charge on any atom is -0.384 e. The molecule has 6 nitrogen and oxygen atoms in total. The lowest BCUT2D eigenvalue weighted by atomic mass is 9.73. The van der Waals surface area contributed by atoms with Gasteiger partial charge in [-0.2, -0.15) is 13.2 Å². The Labute approximate surface area is 237 Å². The second kappa shape index (κ2) is 12.2. The van der Waals surface area contributed by atoms with Crippen LogP contribution in [-0.2, 0) is 10.2 Å². The summed E-state index contributed by atoms with van der Waals surface area (Å²) in [5.74, 6) is -0.527. The first-order valence-electron chi connectivity index (χ1n) is 12.9. The number of nitrogens with one attached hydrogen (secondary N) is 3. The van der Waals surface area contributed by atoms with E-state index in [1.165, 1.54) is 0 Å². The van der Waals surface area contributed by atoms with Crippen LogP contribution in [0.1, 0.15) is 41.8 Å². The predicted molar refractivity (Wildman–Crippen MR) is 155 cm³/mol. The van der Waals surface area contributed by atoms with Gasteiger partial charge in [-0.25, -0.2) is 4.98 Å². The van der Waals surface area contributed by atoms with Gasteiger partial charge in [-0.1, -0.05) is 74.2 Å². The molecule has 0 radical (unpaired) electrons. The Kier molecular flexibility index (Phi) is 8.76. The molecule has 0 unspecified atom stereocenters. The van der Waals surface area contributed by atoms with Crippen molar-refractivity contribution in [2.24, 2.45) is 0 Å². The number of carbonyl (C=O) groups is 2. The number of carbonyl (C=O) groups excluding carboxylic acids is 2. The smallest absolute Gasteiger partial charge is 0.384 e. The van der Waals surface area contributed by atoms with Crippen molar-refractivity contribution in [3.8, 4) is 11.1 Å². The van der Waals surface area contributed by atoms with Gasteiger partial charge in [0.05, 0.1) is 11.9 Å². The lowest BCUT2D eigenvalue weighted by molar-refractivity contribution is -0.141. The highest BCUT2D eigenvalue weighted by Gasteiger charge is 2.49. The molecule has 3 aromatic carbocycles. The normalized spacial score (nSPS) is 12.9. The highest BCUT2D eigenvalue weighted by atomic mass is 19.4. The third kappa shape index (κ3) is 6.24. The zero-order valence-electron chi connectivity index (χ0n) is 21.5. The number of benzene rings is 3. The number of amides is 2. The summed E-state index contributed by atoms with van der Waals surface area (Å²) in [4.78, 5) is 30.2. The lowest BCUT2D eigenvalue weighted by Gasteiger charge is -2.31. The minimum atomic E-state index is -4.52. The van der Waals surface area contributed by atoms with Crippen LogP contribution in [0.4, 0.5) is 24.7 Å². The van der Waals surface area contributed by atoms with E-state index < -0.39 is 24.0 Å². The first-order chi connectivity index (χ1) is 19.3. The molecule has 2 amide bonds. The largest absolute Gasteiger partial charge is 0.405 e. The van der Waals surface area contributed by atoms with E-state index in [9.17, 15) is 22.8 Å². The van der Waals surface area contributed by atoms with Crippen LogP contribution in [0.2, 0.25) is 0 Å². The summed E-state index contributed by atoms with van der Waals surface area (Å²) in [7, 11) is 0. The van der Waals surface area contributed by atoms with E-state index in [-0.39, 0.29) is 13.3 Å². The number of aromatic nitrogens is 1. The van der Waals surface area contributed by atoms with Crippen molar-refractivity contribution >= 4 is 23.3 Å². The van der Waals surface area contributed by atoms with E-state index in [0.717, 1.165) is 11.1 Å². The van der Waals surface area contributed by atoms with Gasteiger partial charge in [0.1, 0.15) is 17.8 Å². The standard InChI is InChI=1S/C31H27F3N4O2.CH4/c32-31(33,34)20-37-29(40)30(25-13-6-4-11-23(25)24-12-5-7-14-26(24)30)17-8-18-35-22-15-16-27(36-19-22)38-28(39)21-9-2-1-3-10-21;/h1-7,9-16,19,35H,8,17-18,20H2,(H,37,40)(H,36,38,39);1H4. The molecule has 3 N–H and O–H groups in total. The second-order valence-electron chi connectivity index (χ2n) is 9.58. The number of rotatable bonds is 9. The average molecular weight is 561 g/mol. The predicted octanol–water partition coefficient (Wildman–Crippen LogP) is 6.81. The fourth-order valence-electron chi connectivity index (χ4n) is 5.22. The number of anilines is 2. The van der Waals surface area contributed by atoms with Gasteiger partial charge < -0.3 is 16.0 Å². The number of alkyl halides is 3. The van der Waals surface area contributed by atoms with Gasteiger partial charge in [-0.3, -0.25) is 9.59 Å². The highest BCUT2D eigenvalue weighted by Crippen LogP contribution is 2.51. The van der Waals surface area contributed by atoms with Crippen LogP contribution < -0.4 is 16.0 Å². The van der Waals surface area contributed by atoms with E-state index in [2.05, 4.69) is 20.9 Å². The summed E-state index contributed by atoms with van der Waals surface area (Å²) < 4.78 is 39.1. The maximum Gasteiger partial charge on any atom is 0.405 e. The first kappa shape index (κ1) is 29.3. The Balaban J connectivity index is 0.00000387. The Morgan fingerprint density at radius 2 is 1.41 bits per heavy atom. The van der Waals surface area contributed by atoms with Crippen molar-refractivity contribution in [3.05, 3.63) is 114 Å². The molecule has 41 heavy (non-hydrogen) atoms. The summed E-state index contributed by atoms with van der Waals surface area (Å²) in [5.41, 5.74) is 3.10. The molecule has 1 heterocycles. The van der Waals surface area contributed by atoms with E-state index >= 15 is 0 Å². The third-order valence-electron chi connectivity index (χ3n) is 7.00. The molecule has 1 aromatic heterocycles. The van der Waals surface area contributed by atoms with E-state index in [0.29, 0.717) is 47.6 Å². The van der Waals surface area contributed by atoms with Crippen molar-refractivity contribution in [3.63, 3.8) is 0 Å². The van der Waals surface area contributed by atoms with Gasteiger partial charge in [0, 0.05) is 12.1 Å². The Hall–Kier alpha value is -4.66. The van der Waals surface area contributed by atoms with Crippen molar-refractivity contribution in [1.29, 1.82) is 0 Å². The maximum absolute atomic E-state index is 13.6. The summed E-state index contributed by atoms with van der Waals surface area (Å²) in [6.45, 7) is -0.939. The molecule has 0 saturated carbocycles. The number of pyridine rings is 1. The molecular weight excluding hydrogens is 529 g/mol. The lowest BCUT2D eigenvalue weighted by Crippen LogP contribution is -2.47. The van der Waals surface area contributed by atoms with E-state index in [1.807, 2.05) is 42.5 Å². The van der Waals surface area contributed by atoms with Gasteiger partial charge in [0.2, 0.25) is 5.91 Å². The Morgan fingerprint density at radius 3 is 2.00 bits per heavy atom. The SMILES string of the molecule is C.O=C(Nc1ccc(NCCCC2(C(=O)NCC(F)(F)F)c3ccccc3-c3ccccc32)cn1)c1ccccc1.